The lowest BCUT2D eigenvalue weighted by Gasteiger charge is -2.21. The van der Waals surface area contributed by atoms with Gasteiger partial charge in [-0.05, 0) is 18.2 Å². The number of carboxylic acids is 1. The molecule has 21 heavy (non-hydrogen) atoms. The predicted octanol–water partition coefficient (Wildman–Crippen LogP) is 2.68. The van der Waals surface area contributed by atoms with Gasteiger partial charge in [-0.25, -0.2) is 18.6 Å². The van der Waals surface area contributed by atoms with Gasteiger partial charge in [0.25, 0.3) is 5.92 Å². The first kappa shape index (κ1) is 14.2. The minimum atomic E-state index is -3.05. The maximum absolute atomic E-state index is 13.9. The van der Waals surface area contributed by atoms with E-state index in [2.05, 4.69) is 4.98 Å². The van der Waals surface area contributed by atoms with Crippen LogP contribution in [0.2, 0.25) is 0 Å². The molecule has 1 aromatic carbocycles. The van der Waals surface area contributed by atoms with Crippen molar-refractivity contribution in [1.29, 1.82) is 0 Å². The zero-order chi connectivity index (χ0) is 15.2. The number of carbonyl (C=O) groups is 1. The van der Waals surface area contributed by atoms with Gasteiger partial charge >= 0.3 is 5.97 Å². The van der Waals surface area contributed by atoms with E-state index in [9.17, 15) is 13.6 Å². The van der Waals surface area contributed by atoms with E-state index in [-0.39, 0.29) is 23.9 Å². The van der Waals surface area contributed by atoms with Crippen LogP contribution in [0, 0.1) is 0 Å². The fourth-order valence-electron chi connectivity index (χ4n) is 2.51. The molecular weight excluding hydrogens is 306 g/mol. The Bertz CT molecular complexity index is 717. The van der Waals surface area contributed by atoms with Gasteiger partial charge in [-0.15, -0.1) is 11.6 Å². The minimum absolute atomic E-state index is 0.00649. The molecule has 0 aliphatic carbocycles. The van der Waals surface area contributed by atoms with E-state index >= 15 is 0 Å². The first-order chi connectivity index (χ1) is 9.94. The zero-order valence-electron chi connectivity index (χ0n) is 10.7. The smallest absolute Gasteiger partial charge is 0.335 e. The largest absolute Gasteiger partial charge is 0.478 e. The lowest BCUT2D eigenvalue weighted by Crippen LogP contribution is -2.30. The third-order valence-corrected chi connectivity index (χ3v) is 3.74. The molecule has 1 aliphatic heterocycles. The van der Waals surface area contributed by atoms with Gasteiger partial charge in [0.1, 0.15) is 18.5 Å². The van der Waals surface area contributed by atoms with Crippen LogP contribution in [0.15, 0.2) is 18.2 Å². The lowest BCUT2D eigenvalue weighted by molar-refractivity contribution is -0.0319. The van der Waals surface area contributed by atoms with Crippen LogP contribution in [0.4, 0.5) is 8.78 Å². The van der Waals surface area contributed by atoms with Crippen LogP contribution in [-0.4, -0.2) is 39.8 Å². The number of alkyl halides is 3. The van der Waals surface area contributed by atoms with Crippen LogP contribution in [0.3, 0.4) is 0 Å². The SMILES string of the molecule is O=C(O)c1ccc2nc(CCl)n(C3COCC3(F)F)c2c1. The molecule has 1 saturated heterocycles. The number of fused-ring (bicyclic) bond motifs is 1. The second-order valence-electron chi connectivity index (χ2n) is 4.83. The number of aromatic nitrogens is 2. The van der Waals surface area contributed by atoms with Crippen LogP contribution in [0.1, 0.15) is 22.2 Å². The first-order valence-electron chi connectivity index (χ1n) is 6.19. The maximum Gasteiger partial charge on any atom is 0.335 e. The molecule has 1 fully saturated rings. The van der Waals surface area contributed by atoms with Crippen LogP contribution in [-0.2, 0) is 10.6 Å². The molecule has 1 aliphatic rings. The van der Waals surface area contributed by atoms with Gasteiger partial charge in [0.15, 0.2) is 0 Å². The molecule has 1 atom stereocenters. The van der Waals surface area contributed by atoms with Gasteiger partial charge in [0.2, 0.25) is 0 Å². The molecule has 2 aromatic rings. The highest BCUT2D eigenvalue weighted by molar-refractivity contribution is 6.16. The van der Waals surface area contributed by atoms with Gasteiger partial charge < -0.3 is 14.4 Å². The van der Waals surface area contributed by atoms with Gasteiger partial charge in [0.05, 0.1) is 29.1 Å². The molecule has 0 bridgehead atoms. The highest BCUT2D eigenvalue weighted by atomic mass is 35.5. The van der Waals surface area contributed by atoms with Crippen molar-refractivity contribution in [2.24, 2.45) is 0 Å². The number of hydrogen-bond acceptors (Lipinski definition) is 3. The zero-order valence-corrected chi connectivity index (χ0v) is 11.5. The average Bonchev–Trinajstić information content (AvgIpc) is 2.96. The Kier molecular flexibility index (Phi) is 3.33. The average molecular weight is 317 g/mol. The highest BCUT2D eigenvalue weighted by Crippen LogP contribution is 2.38. The molecule has 1 unspecified atom stereocenters. The molecule has 3 rings (SSSR count). The molecule has 0 amide bonds. The third kappa shape index (κ3) is 2.26. The number of imidazole rings is 1. The number of benzene rings is 1. The lowest BCUT2D eigenvalue weighted by atomic mass is 10.1. The minimum Gasteiger partial charge on any atom is -0.478 e. The van der Waals surface area contributed by atoms with E-state index in [0.717, 1.165) is 0 Å². The molecule has 8 heteroatoms. The molecule has 5 nitrogen and oxygen atoms in total. The number of carboxylic acid groups (broad SMARTS) is 1. The number of aromatic carboxylic acids is 1. The summed E-state index contributed by atoms with van der Waals surface area (Å²) in [5.41, 5.74) is 0.756. The van der Waals surface area contributed by atoms with Crippen molar-refractivity contribution in [2.75, 3.05) is 13.2 Å². The molecule has 0 saturated carbocycles. The van der Waals surface area contributed by atoms with E-state index in [0.29, 0.717) is 11.0 Å². The summed E-state index contributed by atoms with van der Waals surface area (Å²) < 4.78 is 34.0. The highest BCUT2D eigenvalue weighted by Gasteiger charge is 2.47. The second-order valence-corrected chi connectivity index (χ2v) is 5.10. The van der Waals surface area contributed by atoms with E-state index in [1.165, 1.54) is 22.8 Å². The van der Waals surface area contributed by atoms with Crippen LogP contribution >= 0.6 is 11.6 Å². The summed E-state index contributed by atoms with van der Waals surface area (Å²) in [5.74, 6) is -3.96. The number of ether oxygens (including phenoxy) is 1. The number of rotatable bonds is 3. The van der Waals surface area contributed by atoms with Crippen molar-refractivity contribution in [3.05, 3.63) is 29.6 Å². The fourth-order valence-corrected chi connectivity index (χ4v) is 2.69. The maximum atomic E-state index is 13.9. The van der Waals surface area contributed by atoms with Gasteiger partial charge in [0, 0.05) is 0 Å². The number of nitrogens with zero attached hydrogens (tertiary/aromatic N) is 2. The summed E-state index contributed by atoms with van der Waals surface area (Å²) in [6, 6.07) is 2.96. The Balaban J connectivity index is 2.23. The molecular formula is C13H11ClF2N2O3. The molecule has 2 heterocycles. The Hall–Kier alpha value is -1.73. The molecule has 0 radical (unpaired) electrons. The van der Waals surface area contributed by atoms with E-state index in [1.54, 1.807) is 0 Å². The van der Waals surface area contributed by atoms with E-state index in [4.69, 9.17) is 21.4 Å². The van der Waals surface area contributed by atoms with Crippen molar-refractivity contribution in [2.45, 2.75) is 17.8 Å². The normalized spacial score (nSPS) is 21.0. The number of hydrogen-bond donors (Lipinski definition) is 1. The Labute approximate surface area is 123 Å². The van der Waals surface area contributed by atoms with Gasteiger partial charge in [-0.2, -0.15) is 0 Å². The van der Waals surface area contributed by atoms with Gasteiger partial charge in [-0.3, -0.25) is 0 Å². The van der Waals surface area contributed by atoms with E-state index < -0.39 is 24.5 Å². The predicted molar refractivity (Wildman–Crippen MR) is 71.1 cm³/mol. The van der Waals surface area contributed by atoms with E-state index in [1.807, 2.05) is 0 Å². The van der Waals surface area contributed by atoms with Crippen LogP contribution in [0.5, 0.6) is 0 Å². The number of halogens is 3. The van der Waals surface area contributed by atoms with Crippen molar-refractivity contribution in [3.63, 3.8) is 0 Å². The third-order valence-electron chi connectivity index (χ3n) is 3.50. The quantitative estimate of drug-likeness (QED) is 0.884. The summed E-state index contributed by atoms with van der Waals surface area (Å²) >= 11 is 5.79. The monoisotopic (exact) mass is 316 g/mol. The Morgan fingerprint density at radius 2 is 2.33 bits per heavy atom. The standard InChI is InChI=1S/C13H11ClF2N2O3/c14-4-11-17-8-2-1-7(12(19)20)3-9(8)18(11)10-5-21-6-13(10,15)16/h1-3,10H,4-6H2,(H,19,20). The van der Waals surface area contributed by atoms with Crippen molar-refractivity contribution >= 4 is 28.6 Å². The summed E-state index contributed by atoms with van der Waals surface area (Å²) in [6.45, 7) is -0.836. The summed E-state index contributed by atoms with van der Waals surface area (Å²) in [4.78, 5) is 15.2. The summed E-state index contributed by atoms with van der Waals surface area (Å²) in [5, 5.41) is 9.04. The first-order valence-corrected chi connectivity index (χ1v) is 6.73. The fraction of sp³-hybridized carbons (Fsp3) is 0.385. The van der Waals surface area contributed by atoms with Crippen molar-refractivity contribution in [1.82, 2.24) is 9.55 Å². The van der Waals surface area contributed by atoms with Crippen molar-refractivity contribution < 1.29 is 23.4 Å². The molecule has 1 N–H and O–H groups in total. The second kappa shape index (κ2) is 4.92. The molecule has 112 valence electrons. The summed E-state index contributed by atoms with van der Waals surface area (Å²) in [7, 11) is 0. The molecule has 0 spiro atoms. The van der Waals surface area contributed by atoms with Gasteiger partial charge in [-0.1, -0.05) is 0 Å². The van der Waals surface area contributed by atoms with Crippen molar-refractivity contribution in [3.8, 4) is 0 Å². The van der Waals surface area contributed by atoms with Crippen LogP contribution in [0.25, 0.3) is 11.0 Å². The Morgan fingerprint density at radius 3 is 2.90 bits per heavy atom. The molecule has 1 aromatic heterocycles. The topological polar surface area (TPSA) is 64.3 Å². The Morgan fingerprint density at radius 1 is 1.57 bits per heavy atom. The summed E-state index contributed by atoms with van der Waals surface area (Å²) in [6.07, 6.45) is 0. The van der Waals surface area contributed by atoms with Crippen LogP contribution < -0.4 is 0 Å².